The topological polar surface area (TPSA) is 54.9 Å². The quantitative estimate of drug-likeness (QED) is 0.397. The molecule has 1 heterocycles. The van der Waals surface area contributed by atoms with Crippen LogP contribution in [0, 0.1) is 11.6 Å². The molecule has 0 saturated heterocycles. The van der Waals surface area contributed by atoms with Gasteiger partial charge in [-0.05, 0) is 36.2 Å². The lowest BCUT2D eigenvalue weighted by molar-refractivity contribution is 0.174. The van der Waals surface area contributed by atoms with Crippen molar-refractivity contribution in [1.82, 2.24) is 10.6 Å². The third-order valence-electron chi connectivity index (χ3n) is 3.85. The van der Waals surface area contributed by atoms with E-state index >= 15 is 0 Å². The van der Waals surface area contributed by atoms with Gasteiger partial charge in [0.05, 0.1) is 0 Å². The monoisotopic (exact) mass is 475 g/mol. The Balaban J connectivity index is 0.00000243. The number of benzene rings is 2. The Morgan fingerprint density at radius 1 is 1.08 bits per heavy atom. The molecule has 2 aromatic carbocycles. The fourth-order valence-electron chi connectivity index (χ4n) is 2.53. The highest BCUT2D eigenvalue weighted by Crippen LogP contribution is 2.32. The van der Waals surface area contributed by atoms with Crippen molar-refractivity contribution in [1.29, 1.82) is 0 Å². The molecule has 0 saturated carbocycles. The van der Waals surface area contributed by atoms with E-state index in [-0.39, 0.29) is 42.8 Å². The molecule has 1 aliphatic heterocycles. The number of hydrogen-bond acceptors (Lipinski definition) is 3. The van der Waals surface area contributed by atoms with Crippen LogP contribution in [0.2, 0.25) is 0 Å². The highest BCUT2D eigenvalue weighted by molar-refractivity contribution is 14.0. The molecule has 140 valence electrons. The molecule has 26 heavy (non-hydrogen) atoms. The molecule has 2 aromatic rings. The predicted octanol–water partition coefficient (Wildman–Crippen LogP) is 3.22. The normalized spacial score (nSPS) is 12.5. The number of fused-ring (bicyclic) bond motifs is 1. The standard InChI is InChI=1S/C18H19F2N3O2.HI/c1-21-18(22-8-7-13-14(19)3-2-4-15(13)20)23-10-12-5-6-16-17(9-12)25-11-24-16;/h2-6,9H,7-8,10-11H2,1H3,(H2,21,22,23);1H. The van der Waals surface area contributed by atoms with Gasteiger partial charge in [0, 0.05) is 25.7 Å². The largest absolute Gasteiger partial charge is 0.454 e. The van der Waals surface area contributed by atoms with Gasteiger partial charge in [-0.25, -0.2) is 8.78 Å². The highest BCUT2D eigenvalue weighted by Gasteiger charge is 2.13. The fourth-order valence-corrected chi connectivity index (χ4v) is 2.53. The van der Waals surface area contributed by atoms with E-state index in [4.69, 9.17) is 9.47 Å². The summed E-state index contributed by atoms with van der Waals surface area (Å²) in [5.41, 5.74) is 1.08. The number of rotatable bonds is 5. The van der Waals surface area contributed by atoms with Gasteiger partial charge in [-0.2, -0.15) is 0 Å². The maximum Gasteiger partial charge on any atom is 0.231 e. The van der Waals surface area contributed by atoms with E-state index in [1.54, 1.807) is 7.05 Å². The summed E-state index contributed by atoms with van der Waals surface area (Å²) >= 11 is 0. The first-order valence-corrected chi connectivity index (χ1v) is 7.93. The van der Waals surface area contributed by atoms with Crippen LogP contribution in [0.5, 0.6) is 11.5 Å². The lowest BCUT2D eigenvalue weighted by Crippen LogP contribution is -2.38. The van der Waals surface area contributed by atoms with Crippen LogP contribution >= 0.6 is 24.0 Å². The smallest absolute Gasteiger partial charge is 0.231 e. The van der Waals surface area contributed by atoms with Crippen molar-refractivity contribution < 1.29 is 18.3 Å². The Morgan fingerprint density at radius 2 is 1.81 bits per heavy atom. The van der Waals surface area contributed by atoms with E-state index in [9.17, 15) is 8.78 Å². The zero-order valence-electron chi connectivity index (χ0n) is 14.2. The van der Waals surface area contributed by atoms with Crippen molar-refractivity contribution in [3.8, 4) is 11.5 Å². The molecule has 0 unspecified atom stereocenters. The maximum atomic E-state index is 13.6. The van der Waals surface area contributed by atoms with Gasteiger partial charge in [0.15, 0.2) is 17.5 Å². The molecule has 5 nitrogen and oxygen atoms in total. The zero-order chi connectivity index (χ0) is 17.6. The van der Waals surface area contributed by atoms with Gasteiger partial charge >= 0.3 is 0 Å². The van der Waals surface area contributed by atoms with E-state index in [2.05, 4.69) is 15.6 Å². The number of aliphatic imine (C=N–C) groups is 1. The molecule has 0 aliphatic carbocycles. The van der Waals surface area contributed by atoms with Crippen LogP contribution in [0.25, 0.3) is 0 Å². The van der Waals surface area contributed by atoms with Crippen LogP contribution in [0.4, 0.5) is 8.78 Å². The van der Waals surface area contributed by atoms with Gasteiger partial charge < -0.3 is 20.1 Å². The summed E-state index contributed by atoms with van der Waals surface area (Å²) in [7, 11) is 1.64. The van der Waals surface area contributed by atoms with Crippen LogP contribution < -0.4 is 20.1 Å². The summed E-state index contributed by atoms with van der Waals surface area (Å²) in [5, 5.41) is 6.19. The van der Waals surface area contributed by atoms with Crippen molar-refractivity contribution in [2.24, 2.45) is 4.99 Å². The summed E-state index contributed by atoms with van der Waals surface area (Å²) in [5.74, 6) is 0.931. The molecule has 0 fully saturated rings. The lowest BCUT2D eigenvalue weighted by Gasteiger charge is -2.12. The average Bonchev–Trinajstić information content (AvgIpc) is 3.08. The molecule has 0 aromatic heterocycles. The van der Waals surface area contributed by atoms with Crippen molar-refractivity contribution in [3.63, 3.8) is 0 Å². The number of guanidine groups is 1. The molecular weight excluding hydrogens is 455 g/mol. The van der Waals surface area contributed by atoms with Gasteiger partial charge in [-0.15, -0.1) is 24.0 Å². The third kappa shape index (κ3) is 4.96. The van der Waals surface area contributed by atoms with Crippen LogP contribution in [-0.4, -0.2) is 26.3 Å². The molecule has 1 aliphatic rings. The number of nitrogens with zero attached hydrogens (tertiary/aromatic N) is 1. The predicted molar refractivity (Wildman–Crippen MR) is 106 cm³/mol. The maximum absolute atomic E-state index is 13.6. The van der Waals surface area contributed by atoms with E-state index < -0.39 is 11.6 Å². The first-order valence-electron chi connectivity index (χ1n) is 7.93. The Morgan fingerprint density at radius 3 is 2.54 bits per heavy atom. The minimum Gasteiger partial charge on any atom is -0.454 e. The molecule has 0 atom stereocenters. The summed E-state index contributed by atoms with van der Waals surface area (Å²) in [6.45, 7) is 1.13. The van der Waals surface area contributed by atoms with Crippen LogP contribution in [0.1, 0.15) is 11.1 Å². The van der Waals surface area contributed by atoms with Gasteiger partial charge in [0.25, 0.3) is 0 Å². The van der Waals surface area contributed by atoms with E-state index in [1.165, 1.54) is 18.2 Å². The Kier molecular flexibility index (Phi) is 7.43. The van der Waals surface area contributed by atoms with Crippen molar-refractivity contribution >= 4 is 29.9 Å². The molecule has 0 bridgehead atoms. The molecule has 0 amide bonds. The SMILES string of the molecule is CN=C(NCCc1c(F)cccc1F)NCc1ccc2c(c1)OCO2.I. The second kappa shape index (κ2) is 9.56. The fraction of sp³-hybridized carbons (Fsp3) is 0.278. The Bertz CT molecular complexity index is 767. The second-order valence-electron chi connectivity index (χ2n) is 5.49. The van der Waals surface area contributed by atoms with Crippen LogP contribution in [-0.2, 0) is 13.0 Å². The third-order valence-corrected chi connectivity index (χ3v) is 3.85. The van der Waals surface area contributed by atoms with Gasteiger partial charge in [-0.3, -0.25) is 4.99 Å². The molecule has 0 spiro atoms. The minimum atomic E-state index is -0.537. The Labute approximate surface area is 167 Å². The zero-order valence-corrected chi connectivity index (χ0v) is 16.6. The number of nitrogens with one attached hydrogen (secondary N) is 2. The van der Waals surface area contributed by atoms with E-state index in [1.807, 2.05) is 18.2 Å². The first-order chi connectivity index (χ1) is 12.2. The summed E-state index contributed by atoms with van der Waals surface area (Å²) < 4.78 is 37.8. The summed E-state index contributed by atoms with van der Waals surface area (Å²) in [6, 6.07) is 9.56. The summed E-state index contributed by atoms with van der Waals surface area (Å²) in [6.07, 6.45) is 0.225. The number of ether oxygens (including phenoxy) is 2. The molecule has 3 rings (SSSR count). The minimum absolute atomic E-state index is 0. The van der Waals surface area contributed by atoms with Gasteiger partial charge in [0.2, 0.25) is 6.79 Å². The van der Waals surface area contributed by atoms with Crippen molar-refractivity contribution in [2.45, 2.75) is 13.0 Å². The first kappa shape index (κ1) is 20.2. The molecular formula is C18H20F2IN3O2. The molecule has 0 radical (unpaired) electrons. The average molecular weight is 475 g/mol. The molecule has 8 heteroatoms. The lowest BCUT2D eigenvalue weighted by atomic mass is 10.1. The summed E-state index contributed by atoms with van der Waals surface area (Å²) in [4.78, 5) is 4.10. The van der Waals surface area contributed by atoms with Crippen molar-refractivity contribution in [3.05, 3.63) is 59.2 Å². The van der Waals surface area contributed by atoms with E-state index in [0.29, 0.717) is 19.0 Å². The Hall–Kier alpha value is -2.10. The van der Waals surface area contributed by atoms with E-state index in [0.717, 1.165) is 17.1 Å². The second-order valence-corrected chi connectivity index (χ2v) is 5.49. The highest BCUT2D eigenvalue weighted by atomic mass is 127. The van der Waals surface area contributed by atoms with Crippen LogP contribution in [0.15, 0.2) is 41.4 Å². The number of hydrogen-bond donors (Lipinski definition) is 2. The number of halogens is 3. The van der Waals surface area contributed by atoms with Crippen molar-refractivity contribution in [2.75, 3.05) is 20.4 Å². The van der Waals surface area contributed by atoms with Gasteiger partial charge in [0.1, 0.15) is 11.6 Å². The molecule has 2 N–H and O–H groups in total. The van der Waals surface area contributed by atoms with Gasteiger partial charge in [-0.1, -0.05) is 12.1 Å². The van der Waals surface area contributed by atoms with Crippen LogP contribution in [0.3, 0.4) is 0 Å².